The van der Waals surface area contributed by atoms with Crippen molar-refractivity contribution >= 4 is 11.6 Å². The third kappa shape index (κ3) is 2.67. The lowest BCUT2D eigenvalue weighted by molar-refractivity contribution is -0.132. The van der Waals surface area contributed by atoms with Gasteiger partial charge in [-0.05, 0) is 31.4 Å². The van der Waals surface area contributed by atoms with E-state index >= 15 is 0 Å². The smallest absolute Gasteiger partial charge is 0.274 e. The van der Waals surface area contributed by atoms with E-state index in [9.17, 15) is 9.59 Å². The fourth-order valence-corrected chi connectivity index (χ4v) is 2.07. The Morgan fingerprint density at radius 1 is 1.29 bits per heavy atom. The standard InChI is InChI=1S/C12H17N3O2/c13-10-5-4-8-15(12(10)17)9-11(16)14-6-2-1-3-7-14/h4-5,8H,1-3,6-7,9,13H2. The van der Waals surface area contributed by atoms with Crippen molar-refractivity contribution in [1.82, 2.24) is 9.47 Å². The van der Waals surface area contributed by atoms with Crippen molar-refractivity contribution in [3.05, 3.63) is 28.7 Å². The molecule has 92 valence electrons. The van der Waals surface area contributed by atoms with Crippen LogP contribution in [0.4, 0.5) is 5.69 Å². The van der Waals surface area contributed by atoms with E-state index < -0.39 is 0 Å². The summed E-state index contributed by atoms with van der Waals surface area (Å²) in [6, 6.07) is 3.23. The number of piperidine rings is 1. The minimum Gasteiger partial charge on any atom is -0.394 e. The number of anilines is 1. The highest BCUT2D eigenvalue weighted by Crippen LogP contribution is 2.09. The highest BCUT2D eigenvalue weighted by molar-refractivity contribution is 5.76. The summed E-state index contributed by atoms with van der Waals surface area (Å²) in [4.78, 5) is 25.4. The summed E-state index contributed by atoms with van der Waals surface area (Å²) < 4.78 is 1.37. The van der Waals surface area contributed by atoms with E-state index in [2.05, 4.69) is 0 Å². The molecule has 17 heavy (non-hydrogen) atoms. The average Bonchev–Trinajstić information content (AvgIpc) is 2.36. The first-order valence-electron chi connectivity index (χ1n) is 5.91. The number of aromatic nitrogens is 1. The van der Waals surface area contributed by atoms with Gasteiger partial charge in [0.2, 0.25) is 5.91 Å². The molecule has 0 aromatic carbocycles. The molecule has 5 heteroatoms. The molecule has 0 unspecified atom stereocenters. The van der Waals surface area contributed by atoms with Crippen LogP contribution >= 0.6 is 0 Å². The number of nitrogens with zero attached hydrogens (tertiary/aromatic N) is 2. The van der Waals surface area contributed by atoms with Gasteiger partial charge in [-0.2, -0.15) is 0 Å². The number of likely N-dealkylation sites (tertiary alicyclic amines) is 1. The fourth-order valence-electron chi connectivity index (χ4n) is 2.07. The molecule has 1 aromatic rings. The van der Waals surface area contributed by atoms with Crippen LogP contribution in [0.1, 0.15) is 19.3 Å². The number of amides is 1. The number of hydrogen-bond acceptors (Lipinski definition) is 3. The zero-order chi connectivity index (χ0) is 12.3. The molecule has 1 aromatic heterocycles. The Morgan fingerprint density at radius 3 is 2.71 bits per heavy atom. The molecule has 1 aliphatic rings. The van der Waals surface area contributed by atoms with E-state index in [4.69, 9.17) is 5.73 Å². The van der Waals surface area contributed by atoms with E-state index in [1.54, 1.807) is 18.3 Å². The van der Waals surface area contributed by atoms with Crippen LogP contribution in [0, 0.1) is 0 Å². The maximum Gasteiger partial charge on any atom is 0.274 e. The first-order chi connectivity index (χ1) is 8.18. The maximum atomic E-state index is 12.0. The number of carbonyl (C=O) groups excluding carboxylic acids is 1. The number of nitrogens with two attached hydrogens (primary N) is 1. The lowest BCUT2D eigenvalue weighted by Crippen LogP contribution is -2.39. The number of hydrogen-bond donors (Lipinski definition) is 1. The topological polar surface area (TPSA) is 68.3 Å². The molecular weight excluding hydrogens is 218 g/mol. The Labute approximate surface area is 99.8 Å². The summed E-state index contributed by atoms with van der Waals surface area (Å²) >= 11 is 0. The summed E-state index contributed by atoms with van der Waals surface area (Å²) in [7, 11) is 0. The molecule has 1 aliphatic heterocycles. The van der Waals surface area contributed by atoms with E-state index in [1.165, 1.54) is 11.0 Å². The molecule has 0 atom stereocenters. The van der Waals surface area contributed by atoms with E-state index in [0.29, 0.717) is 0 Å². The number of rotatable bonds is 2. The van der Waals surface area contributed by atoms with Gasteiger partial charge in [-0.3, -0.25) is 9.59 Å². The Balaban J connectivity index is 2.07. The second-order valence-corrected chi connectivity index (χ2v) is 4.34. The molecule has 0 aliphatic carbocycles. The molecule has 0 saturated carbocycles. The van der Waals surface area contributed by atoms with Crippen molar-refractivity contribution in [3.63, 3.8) is 0 Å². The third-order valence-electron chi connectivity index (χ3n) is 3.06. The zero-order valence-electron chi connectivity index (χ0n) is 9.76. The Morgan fingerprint density at radius 2 is 2.00 bits per heavy atom. The van der Waals surface area contributed by atoms with Gasteiger partial charge in [-0.25, -0.2) is 0 Å². The largest absolute Gasteiger partial charge is 0.394 e. The van der Waals surface area contributed by atoms with Crippen LogP contribution in [-0.2, 0) is 11.3 Å². The van der Waals surface area contributed by atoms with Gasteiger partial charge in [0.15, 0.2) is 0 Å². The molecule has 2 rings (SSSR count). The van der Waals surface area contributed by atoms with Gasteiger partial charge < -0.3 is 15.2 Å². The predicted molar refractivity (Wildman–Crippen MR) is 65.5 cm³/mol. The quantitative estimate of drug-likeness (QED) is 0.809. The molecule has 2 N–H and O–H groups in total. The molecule has 0 bridgehead atoms. The molecule has 5 nitrogen and oxygen atoms in total. The number of nitrogen functional groups attached to an aromatic ring is 1. The van der Waals surface area contributed by atoms with Crippen LogP contribution in [0.5, 0.6) is 0 Å². The lowest BCUT2D eigenvalue weighted by atomic mass is 10.1. The highest BCUT2D eigenvalue weighted by atomic mass is 16.2. The van der Waals surface area contributed by atoms with Gasteiger partial charge in [0.25, 0.3) is 5.56 Å². The Kier molecular flexibility index (Phi) is 3.46. The first-order valence-corrected chi connectivity index (χ1v) is 5.91. The first kappa shape index (κ1) is 11.7. The monoisotopic (exact) mass is 235 g/mol. The van der Waals surface area contributed by atoms with E-state index in [1.807, 2.05) is 4.90 Å². The normalized spacial score (nSPS) is 15.9. The molecular formula is C12H17N3O2. The van der Waals surface area contributed by atoms with Crippen molar-refractivity contribution < 1.29 is 4.79 Å². The second kappa shape index (κ2) is 5.03. The summed E-state index contributed by atoms with van der Waals surface area (Å²) in [6.45, 7) is 1.69. The fraction of sp³-hybridized carbons (Fsp3) is 0.500. The summed E-state index contributed by atoms with van der Waals surface area (Å²) in [5.41, 5.74) is 5.40. The minimum absolute atomic E-state index is 0.00241. The van der Waals surface area contributed by atoms with Crippen LogP contribution < -0.4 is 11.3 Å². The SMILES string of the molecule is Nc1cccn(CC(=O)N2CCCCC2)c1=O. The molecule has 0 radical (unpaired) electrons. The summed E-state index contributed by atoms with van der Waals surface area (Å²) in [5.74, 6) is -0.00241. The van der Waals surface area contributed by atoms with Gasteiger partial charge in [0, 0.05) is 19.3 Å². The molecule has 1 saturated heterocycles. The Hall–Kier alpha value is -1.78. The molecule has 2 heterocycles. The van der Waals surface area contributed by atoms with Crippen molar-refractivity contribution in [2.45, 2.75) is 25.8 Å². The van der Waals surface area contributed by atoms with Gasteiger partial charge in [-0.1, -0.05) is 0 Å². The average molecular weight is 235 g/mol. The van der Waals surface area contributed by atoms with Gasteiger partial charge in [-0.15, -0.1) is 0 Å². The molecule has 0 spiro atoms. The van der Waals surface area contributed by atoms with Crippen molar-refractivity contribution in [1.29, 1.82) is 0 Å². The van der Waals surface area contributed by atoms with Crippen LogP contribution in [0.3, 0.4) is 0 Å². The zero-order valence-corrected chi connectivity index (χ0v) is 9.76. The number of carbonyl (C=O) groups is 1. The van der Waals surface area contributed by atoms with Crippen molar-refractivity contribution in [2.24, 2.45) is 0 Å². The third-order valence-corrected chi connectivity index (χ3v) is 3.06. The Bertz CT molecular complexity index is 461. The van der Waals surface area contributed by atoms with E-state index in [0.717, 1.165) is 25.9 Å². The molecule has 1 amide bonds. The van der Waals surface area contributed by atoms with E-state index in [-0.39, 0.29) is 23.7 Å². The van der Waals surface area contributed by atoms with Crippen LogP contribution in [0.15, 0.2) is 23.1 Å². The van der Waals surface area contributed by atoms with Crippen LogP contribution in [0.2, 0.25) is 0 Å². The van der Waals surface area contributed by atoms with Crippen LogP contribution in [-0.4, -0.2) is 28.5 Å². The number of pyridine rings is 1. The summed E-state index contributed by atoms with van der Waals surface area (Å²) in [6.07, 6.45) is 4.89. The maximum absolute atomic E-state index is 12.0. The summed E-state index contributed by atoms with van der Waals surface area (Å²) in [5, 5.41) is 0. The van der Waals surface area contributed by atoms with Gasteiger partial charge >= 0.3 is 0 Å². The second-order valence-electron chi connectivity index (χ2n) is 4.34. The highest BCUT2D eigenvalue weighted by Gasteiger charge is 2.17. The van der Waals surface area contributed by atoms with Crippen LogP contribution in [0.25, 0.3) is 0 Å². The van der Waals surface area contributed by atoms with Crippen molar-refractivity contribution in [3.8, 4) is 0 Å². The van der Waals surface area contributed by atoms with Gasteiger partial charge in [0.1, 0.15) is 6.54 Å². The minimum atomic E-state index is -0.294. The van der Waals surface area contributed by atoms with Gasteiger partial charge in [0.05, 0.1) is 5.69 Å². The predicted octanol–water partition coefficient (Wildman–Crippen LogP) is 0.443. The molecule has 1 fully saturated rings. The lowest BCUT2D eigenvalue weighted by Gasteiger charge is -2.26. The van der Waals surface area contributed by atoms with Crippen molar-refractivity contribution in [2.75, 3.05) is 18.8 Å².